The van der Waals surface area contributed by atoms with E-state index in [1.807, 2.05) is 13.8 Å². The van der Waals surface area contributed by atoms with Crippen molar-refractivity contribution in [3.05, 3.63) is 41.0 Å². The van der Waals surface area contributed by atoms with E-state index in [0.717, 1.165) is 0 Å². The maximum atomic E-state index is 12.2. The van der Waals surface area contributed by atoms with Crippen molar-refractivity contribution in [2.45, 2.75) is 20.4 Å². The number of aromatic carboxylic acids is 1. The maximum Gasteiger partial charge on any atom is 0.356 e. The van der Waals surface area contributed by atoms with Crippen molar-refractivity contribution >= 4 is 5.97 Å². The molecule has 2 aromatic heterocycles. The van der Waals surface area contributed by atoms with Crippen LogP contribution in [0.15, 0.2) is 29.7 Å². The number of rotatable bonds is 4. The first-order chi connectivity index (χ1) is 8.99. The second kappa shape index (κ2) is 5.05. The molecule has 0 bridgehead atoms. The Morgan fingerprint density at radius 3 is 2.74 bits per heavy atom. The van der Waals surface area contributed by atoms with Crippen LogP contribution in [-0.4, -0.2) is 30.2 Å². The Kier molecular flexibility index (Phi) is 3.46. The van der Waals surface area contributed by atoms with Gasteiger partial charge in [-0.3, -0.25) is 9.36 Å². The Bertz CT molecular complexity index is 657. The number of nitrogens with zero attached hydrogens (tertiary/aromatic N) is 4. The second-order valence-corrected chi connectivity index (χ2v) is 4.57. The van der Waals surface area contributed by atoms with Gasteiger partial charge in [0, 0.05) is 25.1 Å². The first kappa shape index (κ1) is 13.0. The van der Waals surface area contributed by atoms with Crippen LogP contribution in [0.2, 0.25) is 0 Å². The lowest BCUT2D eigenvalue weighted by molar-refractivity contribution is 0.0691. The normalized spacial score (nSPS) is 10.9. The fourth-order valence-electron chi connectivity index (χ4n) is 1.70. The monoisotopic (exact) mass is 262 g/mol. The first-order valence-electron chi connectivity index (χ1n) is 5.82. The molecule has 2 aromatic rings. The minimum absolute atomic E-state index is 0.125. The summed E-state index contributed by atoms with van der Waals surface area (Å²) in [5.41, 5.74) is -0.397. The lowest BCUT2D eigenvalue weighted by atomic mass is 10.2. The summed E-state index contributed by atoms with van der Waals surface area (Å²) in [4.78, 5) is 30.6. The van der Waals surface area contributed by atoms with Crippen LogP contribution in [0.25, 0.3) is 5.82 Å². The van der Waals surface area contributed by atoms with Crippen LogP contribution in [0.1, 0.15) is 24.3 Å². The third kappa shape index (κ3) is 2.70. The summed E-state index contributed by atoms with van der Waals surface area (Å²) in [5, 5.41) is 8.81. The Morgan fingerprint density at radius 2 is 2.16 bits per heavy atom. The zero-order valence-corrected chi connectivity index (χ0v) is 10.6. The summed E-state index contributed by atoms with van der Waals surface area (Å²) in [5.74, 6) is -0.675. The lowest BCUT2D eigenvalue weighted by Crippen LogP contribution is -2.26. The van der Waals surface area contributed by atoms with Gasteiger partial charge >= 0.3 is 5.97 Å². The highest BCUT2D eigenvalue weighted by atomic mass is 16.4. The molecule has 7 nitrogen and oxygen atoms in total. The number of carbonyl (C=O) groups is 1. The van der Waals surface area contributed by atoms with Gasteiger partial charge in [0.2, 0.25) is 5.82 Å². The van der Waals surface area contributed by atoms with Gasteiger partial charge in [-0.2, -0.15) is 0 Å². The molecule has 0 aliphatic carbocycles. The van der Waals surface area contributed by atoms with Crippen LogP contribution in [0.5, 0.6) is 0 Å². The van der Waals surface area contributed by atoms with Crippen LogP contribution in [-0.2, 0) is 6.54 Å². The van der Waals surface area contributed by atoms with Gasteiger partial charge in [-0.15, -0.1) is 0 Å². The third-order valence-corrected chi connectivity index (χ3v) is 2.50. The lowest BCUT2D eigenvalue weighted by Gasteiger charge is -2.09. The molecule has 0 aromatic carbocycles. The SMILES string of the molecule is CC(C)Cn1ccnc(-n2cnc(C(=O)O)c2)c1=O. The highest BCUT2D eigenvalue weighted by Gasteiger charge is 2.12. The van der Waals surface area contributed by atoms with E-state index >= 15 is 0 Å². The van der Waals surface area contributed by atoms with Crippen molar-refractivity contribution in [2.24, 2.45) is 5.92 Å². The van der Waals surface area contributed by atoms with Crippen LogP contribution in [0.3, 0.4) is 0 Å². The molecule has 0 unspecified atom stereocenters. The van der Waals surface area contributed by atoms with E-state index in [2.05, 4.69) is 9.97 Å². The Balaban J connectivity index is 2.44. The van der Waals surface area contributed by atoms with Gasteiger partial charge in [0.05, 0.1) is 0 Å². The maximum absolute atomic E-state index is 12.2. The number of imidazole rings is 1. The molecule has 2 heterocycles. The van der Waals surface area contributed by atoms with Gasteiger partial charge in [0.25, 0.3) is 5.56 Å². The van der Waals surface area contributed by atoms with Crippen molar-refractivity contribution in [1.29, 1.82) is 0 Å². The van der Waals surface area contributed by atoms with E-state index in [0.29, 0.717) is 12.5 Å². The third-order valence-electron chi connectivity index (χ3n) is 2.50. The fraction of sp³-hybridized carbons (Fsp3) is 0.333. The number of aromatic nitrogens is 4. The Morgan fingerprint density at radius 1 is 1.42 bits per heavy atom. The summed E-state index contributed by atoms with van der Waals surface area (Å²) in [6.07, 6.45) is 5.67. The number of hydrogen-bond acceptors (Lipinski definition) is 4. The van der Waals surface area contributed by atoms with Crippen LogP contribution < -0.4 is 5.56 Å². The summed E-state index contributed by atoms with van der Waals surface area (Å²) >= 11 is 0. The van der Waals surface area contributed by atoms with Crippen LogP contribution >= 0.6 is 0 Å². The van der Waals surface area contributed by atoms with Crippen LogP contribution in [0.4, 0.5) is 0 Å². The van der Waals surface area contributed by atoms with Crippen molar-refractivity contribution in [3.8, 4) is 5.82 Å². The molecule has 0 saturated carbocycles. The largest absolute Gasteiger partial charge is 0.476 e. The van der Waals surface area contributed by atoms with E-state index in [1.165, 1.54) is 23.3 Å². The van der Waals surface area contributed by atoms with Crippen LogP contribution in [0, 0.1) is 5.92 Å². The predicted octanol–water partition coefficient (Wildman–Crippen LogP) is 0.783. The molecule has 7 heteroatoms. The van der Waals surface area contributed by atoms with Crippen molar-refractivity contribution in [2.75, 3.05) is 0 Å². The van der Waals surface area contributed by atoms with Gasteiger partial charge in [-0.05, 0) is 5.92 Å². The van der Waals surface area contributed by atoms with Gasteiger partial charge in [0.15, 0.2) is 5.69 Å². The Labute approximate surface area is 109 Å². The van der Waals surface area contributed by atoms with E-state index in [1.54, 1.807) is 10.8 Å². The summed E-state index contributed by atoms with van der Waals surface area (Å²) in [7, 11) is 0. The van der Waals surface area contributed by atoms with Gasteiger partial charge in [-0.1, -0.05) is 13.8 Å². The quantitative estimate of drug-likeness (QED) is 0.879. The molecular formula is C12H14N4O3. The highest BCUT2D eigenvalue weighted by molar-refractivity contribution is 5.85. The summed E-state index contributed by atoms with van der Waals surface area (Å²) < 4.78 is 2.87. The molecule has 0 aliphatic rings. The molecule has 0 atom stereocenters. The van der Waals surface area contributed by atoms with E-state index < -0.39 is 5.97 Å². The molecule has 0 radical (unpaired) electrons. The summed E-state index contributed by atoms with van der Waals surface area (Å²) in [6, 6.07) is 0. The minimum atomic E-state index is -1.14. The molecule has 1 N–H and O–H groups in total. The van der Waals surface area contributed by atoms with Gasteiger partial charge in [-0.25, -0.2) is 14.8 Å². The average Bonchev–Trinajstić information content (AvgIpc) is 2.80. The Hall–Kier alpha value is -2.44. The molecule has 19 heavy (non-hydrogen) atoms. The zero-order chi connectivity index (χ0) is 14.0. The molecule has 2 rings (SSSR count). The summed E-state index contributed by atoms with van der Waals surface area (Å²) in [6.45, 7) is 4.59. The molecule has 0 fully saturated rings. The van der Waals surface area contributed by atoms with E-state index in [4.69, 9.17) is 5.11 Å². The standard InChI is InChI=1S/C12H14N4O3/c1-8(2)5-15-4-3-13-10(11(15)17)16-6-9(12(18)19)14-7-16/h3-4,6-8H,5H2,1-2H3,(H,18,19). The smallest absolute Gasteiger partial charge is 0.356 e. The molecule has 0 amide bonds. The number of carboxylic acid groups (broad SMARTS) is 1. The number of carboxylic acids is 1. The zero-order valence-electron chi connectivity index (χ0n) is 10.6. The van der Waals surface area contributed by atoms with Crippen molar-refractivity contribution < 1.29 is 9.90 Å². The van der Waals surface area contributed by atoms with Crippen molar-refractivity contribution in [1.82, 2.24) is 19.1 Å². The molecule has 0 saturated heterocycles. The number of hydrogen-bond donors (Lipinski definition) is 1. The molecule has 0 aliphatic heterocycles. The predicted molar refractivity (Wildman–Crippen MR) is 67.4 cm³/mol. The fourth-order valence-corrected chi connectivity index (χ4v) is 1.70. The molecular weight excluding hydrogens is 248 g/mol. The van der Waals surface area contributed by atoms with E-state index in [-0.39, 0.29) is 17.1 Å². The minimum Gasteiger partial charge on any atom is -0.476 e. The topological polar surface area (TPSA) is 90.0 Å². The molecule has 0 spiro atoms. The van der Waals surface area contributed by atoms with Crippen molar-refractivity contribution in [3.63, 3.8) is 0 Å². The first-order valence-corrected chi connectivity index (χ1v) is 5.82. The highest BCUT2D eigenvalue weighted by Crippen LogP contribution is 2.02. The average molecular weight is 262 g/mol. The van der Waals surface area contributed by atoms with E-state index in [9.17, 15) is 9.59 Å². The van der Waals surface area contributed by atoms with Gasteiger partial charge < -0.3 is 9.67 Å². The second-order valence-electron chi connectivity index (χ2n) is 4.57. The van der Waals surface area contributed by atoms with Gasteiger partial charge in [0.1, 0.15) is 6.33 Å². The molecule has 100 valence electrons.